The molecule has 0 amide bonds. The number of carboxylic acid groups (broad SMARTS) is 1. The van der Waals surface area contributed by atoms with E-state index in [2.05, 4.69) is 36.3 Å². The van der Waals surface area contributed by atoms with Crippen molar-refractivity contribution in [1.82, 2.24) is 4.98 Å². The number of fused-ring (bicyclic) bond motifs is 4. The summed E-state index contributed by atoms with van der Waals surface area (Å²) in [5.74, 6) is 2.93. The van der Waals surface area contributed by atoms with E-state index in [1.165, 1.54) is 35.2 Å². The number of ether oxygens (including phenoxy) is 3. The summed E-state index contributed by atoms with van der Waals surface area (Å²) in [7, 11) is 0. The number of aryl methyl sites for hydroxylation is 1. The number of anilines is 1. The van der Waals surface area contributed by atoms with E-state index in [1.807, 2.05) is 24.4 Å². The third kappa shape index (κ3) is 5.17. The van der Waals surface area contributed by atoms with Crippen LogP contribution >= 0.6 is 11.6 Å². The first kappa shape index (κ1) is 29.3. The topological polar surface area (TPSA) is 89.9 Å². The molecule has 1 fully saturated rings. The lowest BCUT2D eigenvalue weighted by Crippen LogP contribution is -2.53. The molecule has 7 rings (SSSR count). The van der Waals surface area contributed by atoms with E-state index in [1.54, 1.807) is 12.1 Å². The number of aromatic nitrogens is 1. The first-order valence-electron chi connectivity index (χ1n) is 16.1. The molecule has 232 valence electrons. The molecule has 1 saturated carbocycles. The van der Waals surface area contributed by atoms with Crippen molar-refractivity contribution in [3.63, 3.8) is 0 Å². The molecule has 2 N–H and O–H groups in total. The number of nitrogens with zero attached hydrogens (tertiary/aromatic N) is 1. The van der Waals surface area contributed by atoms with Crippen molar-refractivity contribution in [2.24, 2.45) is 11.8 Å². The summed E-state index contributed by atoms with van der Waals surface area (Å²) in [5, 5.41) is 14.5. The zero-order valence-corrected chi connectivity index (χ0v) is 26.3. The van der Waals surface area contributed by atoms with Crippen LogP contribution in [-0.4, -0.2) is 35.0 Å². The van der Waals surface area contributed by atoms with Crippen molar-refractivity contribution in [3.05, 3.63) is 76.1 Å². The van der Waals surface area contributed by atoms with Crippen LogP contribution in [0.5, 0.6) is 17.2 Å². The normalized spacial score (nSPS) is 27.4. The van der Waals surface area contributed by atoms with Gasteiger partial charge in [-0.25, -0.2) is 4.79 Å². The molecular formula is C36H41ClN2O5. The maximum atomic E-state index is 12.8. The van der Waals surface area contributed by atoms with E-state index in [0.717, 1.165) is 55.0 Å². The number of rotatable bonds is 8. The van der Waals surface area contributed by atoms with Gasteiger partial charge in [-0.3, -0.25) is 4.98 Å². The smallest absolute Gasteiger partial charge is 0.329 e. The molecule has 0 saturated heterocycles. The average Bonchev–Trinajstić information content (AvgIpc) is 3.58. The van der Waals surface area contributed by atoms with Crippen LogP contribution in [0.25, 0.3) is 0 Å². The molecule has 7 nitrogen and oxygen atoms in total. The van der Waals surface area contributed by atoms with Crippen LogP contribution in [-0.2, 0) is 23.1 Å². The quantitative estimate of drug-likeness (QED) is 0.266. The van der Waals surface area contributed by atoms with Gasteiger partial charge < -0.3 is 24.6 Å². The van der Waals surface area contributed by atoms with Gasteiger partial charge in [0.2, 0.25) is 6.79 Å². The number of carbonyl (C=O) groups is 1. The van der Waals surface area contributed by atoms with Crippen LogP contribution in [0.3, 0.4) is 0 Å². The number of nitrogens with one attached hydrogen (secondary N) is 1. The van der Waals surface area contributed by atoms with Gasteiger partial charge in [0.15, 0.2) is 11.5 Å². The van der Waals surface area contributed by atoms with Crippen molar-refractivity contribution in [3.8, 4) is 17.2 Å². The molecule has 0 bridgehead atoms. The minimum atomic E-state index is -1.05. The second-order valence-corrected chi connectivity index (χ2v) is 14.0. The summed E-state index contributed by atoms with van der Waals surface area (Å²) in [6, 6.07) is 13.7. The highest BCUT2D eigenvalue weighted by Gasteiger charge is 2.54. The number of benzene rings is 2. The minimum Gasteiger partial charge on any atom is -0.493 e. The lowest BCUT2D eigenvalue weighted by molar-refractivity contribution is -0.144. The van der Waals surface area contributed by atoms with Gasteiger partial charge in [0.25, 0.3) is 0 Å². The number of halogens is 1. The first-order valence-corrected chi connectivity index (χ1v) is 16.4. The molecule has 1 aliphatic heterocycles. The van der Waals surface area contributed by atoms with Crippen molar-refractivity contribution in [2.75, 3.05) is 18.7 Å². The molecule has 3 atom stereocenters. The second-order valence-electron chi connectivity index (χ2n) is 13.6. The van der Waals surface area contributed by atoms with E-state index >= 15 is 0 Å². The largest absolute Gasteiger partial charge is 0.493 e. The Kier molecular flexibility index (Phi) is 7.64. The van der Waals surface area contributed by atoms with Crippen molar-refractivity contribution in [1.29, 1.82) is 0 Å². The lowest BCUT2D eigenvalue weighted by atomic mass is 9.59. The highest BCUT2D eigenvalue weighted by molar-refractivity contribution is 6.30. The van der Waals surface area contributed by atoms with Crippen LogP contribution < -0.4 is 19.5 Å². The molecule has 3 aromatic rings. The van der Waals surface area contributed by atoms with Gasteiger partial charge >= 0.3 is 5.97 Å². The fraction of sp³-hybridized carbons (Fsp3) is 0.500. The number of hydrogen-bond donors (Lipinski definition) is 2. The molecule has 2 heterocycles. The lowest BCUT2D eigenvalue weighted by Gasteiger charge is -2.47. The van der Waals surface area contributed by atoms with Crippen molar-refractivity contribution < 1.29 is 24.1 Å². The monoisotopic (exact) mass is 616 g/mol. The molecule has 44 heavy (non-hydrogen) atoms. The SMILES string of the molecule is C[C@@H](COc1ccnc2c1[C@@H](C)CCC2)CC1Cc2cc3c(cc2C12CCC(Nc1cccc(Cl)c1)(C(=O)O)CC2)OCO3. The van der Waals surface area contributed by atoms with E-state index in [-0.39, 0.29) is 12.2 Å². The average molecular weight is 617 g/mol. The van der Waals surface area contributed by atoms with Crippen molar-refractivity contribution >= 4 is 23.3 Å². The van der Waals surface area contributed by atoms with Crippen LogP contribution in [0.1, 0.15) is 87.1 Å². The Balaban J connectivity index is 1.13. The van der Waals surface area contributed by atoms with E-state index < -0.39 is 11.5 Å². The first-order chi connectivity index (χ1) is 21.3. The standard InChI is InChI=1S/C36H41ClN2O5/c1-22(20-42-30-9-14-38-29-8-3-5-23(2)33(29)30)15-25-16-24-17-31-32(44-21-43-31)19-28(24)35(25)10-12-36(13-11-35,34(40)41)39-27-7-4-6-26(37)18-27/h4,6-7,9,14,17-19,22-23,25,39H,3,5,8,10-13,15-16,20-21H2,1-2H3,(H,40,41)/t22-,23+,25?,35?,36?/m1/s1. The van der Waals surface area contributed by atoms with Gasteiger partial charge in [-0.1, -0.05) is 31.5 Å². The van der Waals surface area contributed by atoms with E-state index in [9.17, 15) is 9.90 Å². The Bertz CT molecular complexity index is 1570. The fourth-order valence-electron chi connectivity index (χ4n) is 8.50. The summed E-state index contributed by atoms with van der Waals surface area (Å²) in [6.45, 7) is 5.45. The van der Waals surface area contributed by atoms with Gasteiger partial charge in [0.05, 0.1) is 6.61 Å². The highest BCUT2D eigenvalue weighted by Crippen LogP contribution is 2.58. The Morgan fingerprint density at radius 2 is 1.95 bits per heavy atom. The Labute approximate surface area is 264 Å². The van der Waals surface area contributed by atoms with Gasteiger partial charge in [0, 0.05) is 28.2 Å². The molecule has 3 aliphatic carbocycles. The molecular weight excluding hydrogens is 576 g/mol. The number of hydrogen-bond acceptors (Lipinski definition) is 6. The number of pyridine rings is 1. The van der Waals surface area contributed by atoms with Gasteiger partial charge in [0.1, 0.15) is 11.3 Å². The van der Waals surface area contributed by atoms with Crippen LogP contribution in [0.4, 0.5) is 5.69 Å². The van der Waals surface area contributed by atoms with Crippen LogP contribution in [0, 0.1) is 11.8 Å². The van der Waals surface area contributed by atoms with E-state index in [0.29, 0.717) is 42.2 Å². The minimum absolute atomic E-state index is 0.135. The van der Waals surface area contributed by atoms with Gasteiger partial charge in [-0.05, 0) is 128 Å². The predicted octanol–water partition coefficient (Wildman–Crippen LogP) is 7.93. The Hall–Kier alpha value is -3.45. The highest BCUT2D eigenvalue weighted by atomic mass is 35.5. The van der Waals surface area contributed by atoms with Crippen molar-refractivity contribution in [2.45, 2.75) is 88.5 Å². The zero-order chi connectivity index (χ0) is 30.5. The molecule has 0 radical (unpaired) electrons. The molecule has 1 unspecified atom stereocenters. The maximum Gasteiger partial charge on any atom is 0.329 e. The Morgan fingerprint density at radius 3 is 2.73 bits per heavy atom. The number of carboxylic acids is 1. The summed E-state index contributed by atoms with van der Waals surface area (Å²) in [6.07, 6.45) is 9.78. The number of aliphatic carboxylic acids is 1. The molecule has 1 spiro atoms. The third-order valence-electron chi connectivity index (χ3n) is 10.8. The molecule has 1 aromatic heterocycles. The van der Waals surface area contributed by atoms with Crippen LogP contribution in [0.15, 0.2) is 48.7 Å². The Morgan fingerprint density at radius 1 is 1.16 bits per heavy atom. The van der Waals surface area contributed by atoms with Gasteiger partial charge in [-0.15, -0.1) is 0 Å². The maximum absolute atomic E-state index is 12.8. The molecule has 2 aromatic carbocycles. The third-order valence-corrected chi connectivity index (χ3v) is 11.0. The second kappa shape index (κ2) is 11.5. The molecule has 8 heteroatoms. The molecule has 4 aliphatic rings. The van der Waals surface area contributed by atoms with Gasteiger partial charge in [-0.2, -0.15) is 0 Å². The summed E-state index contributed by atoms with van der Waals surface area (Å²) in [5.41, 5.74) is 4.63. The zero-order valence-electron chi connectivity index (χ0n) is 25.5. The van der Waals surface area contributed by atoms with E-state index in [4.69, 9.17) is 25.8 Å². The summed E-state index contributed by atoms with van der Waals surface area (Å²) < 4.78 is 18.1. The van der Waals surface area contributed by atoms with Crippen LogP contribution in [0.2, 0.25) is 5.02 Å². The summed E-state index contributed by atoms with van der Waals surface area (Å²) in [4.78, 5) is 17.5. The summed E-state index contributed by atoms with van der Waals surface area (Å²) >= 11 is 6.24. The predicted molar refractivity (Wildman–Crippen MR) is 170 cm³/mol. The fourth-order valence-corrected chi connectivity index (χ4v) is 8.69.